The largest absolute Gasteiger partial charge is 0.479 e. The maximum Gasteiger partial charge on any atom is 0.334 e. The van der Waals surface area contributed by atoms with E-state index in [-0.39, 0.29) is 17.9 Å². The molecule has 0 radical (unpaired) electrons. The molecular weight excluding hydrogens is 260 g/mol. The van der Waals surface area contributed by atoms with Crippen molar-refractivity contribution in [2.75, 3.05) is 32.8 Å². The summed E-state index contributed by atoms with van der Waals surface area (Å²) in [6.45, 7) is 4.80. The summed E-state index contributed by atoms with van der Waals surface area (Å²) in [7, 11) is 0. The van der Waals surface area contributed by atoms with Gasteiger partial charge in [0.2, 0.25) is 5.91 Å². The number of ether oxygens (including phenoxy) is 1. The molecule has 0 spiro atoms. The molecule has 6 nitrogen and oxygen atoms in total. The fourth-order valence-electron chi connectivity index (χ4n) is 3.27. The third kappa shape index (κ3) is 3.12. The maximum atomic E-state index is 12.9. The zero-order valence-electron chi connectivity index (χ0n) is 12.1. The van der Waals surface area contributed by atoms with E-state index in [0.717, 1.165) is 38.8 Å². The molecule has 1 unspecified atom stereocenters. The van der Waals surface area contributed by atoms with Crippen LogP contribution in [0.3, 0.4) is 0 Å². The molecular formula is C14H24N2O4. The van der Waals surface area contributed by atoms with Crippen LogP contribution in [-0.2, 0) is 14.3 Å². The minimum absolute atomic E-state index is 0.121. The van der Waals surface area contributed by atoms with Crippen molar-refractivity contribution in [1.82, 2.24) is 10.2 Å². The molecule has 0 aromatic carbocycles. The number of carbonyl (C=O) groups is 2. The van der Waals surface area contributed by atoms with E-state index in [2.05, 4.69) is 12.2 Å². The fraction of sp³-hybridized carbons (Fsp3) is 0.857. The van der Waals surface area contributed by atoms with Crippen molar-refractivity contribution in [3.05, 3.63) is 0 Å². The fourth-order valence-corrected chi connectivity index (χ4v) is 3.27. The normalized spacial score (nSPS) is 26.2. The second kappa shape index (κ2) is 6.54. The van der Waals surface area contributed by atoms with E-state index in [9.17, 15) is 9.59 Å². The predicted molar refractivity (Wildman–Crippen MR) is 73.4 cm³/mol. The van der Waals surface area contributed by atoms with Gasteiger partial charge >= 0.3 is 5.97 Å². The van der Waals surface area contributed by atoms with E-state index in [0.29, 0.717) is 13.2 Å². The number of nitrogens with one attached hydrogen (secondary N) is 1. The van der Waals surface area contributed by atoms with Crippen LogP contribution < -0.4 is 5.32 Å². The highest BCUT2D eigenvalue weighted by Crippen LogP contribution is 2.36. The van der Waals surface area contributed by atoms with E-state index < -0.39 is 12.1 Å². The lowest BCUT2D eigenvalue weighted by atomic mass is 9.74. The van der Waals surface area contributed by atoms with Crippen molar-refractivity contribution in [2.45, 2.75) is 38.7 Å². The van der Waals surface area contributed by atoms with Gasteiger partial charge in [0, 0.05) is 6.54 Å². The summed E-state index contributed by atoms with van der Waals surface area (Å²) in [5.74, 6) is -0.868. The van der Waals surface area contributed by atoms with Crippen molar-refractivity contribution in [1.29, 1.82) is 0 Å². The molecule has 2 aliphatic heterocycles. The Morgan fingerprint density at radius 1 is 1.40 bits per heavy atom. The van der Waals surface area contributed by atoms with Crippen LogP contribution in [0.5, 0.6) is 0 Å². The van der Waals surface area contributed by atoms with Gasteiger partial charge in [-0.3, -0.25) is 4.79 Å². The van der Waals surface area contributed by atoms with Gasteiger partial charge in [0.15, 0.2) is 6.10 Å². The summed E-state index contributed by atoms with van der Waals surface area (Å²) in [4.78, 5) is 25.6. The molecule has 2 N–H and O–H groups in total. The predicted octanol–water partition coefficient (Wildman–Crippen LogP) is 0.468. The van der Waals surface area contributed by atoms with Crippen LogP contribution in [-0.4, -0.2) is 60.8 Å². The van der Waals surface area contributed by atoms with E-state index >= 15 is 0 Å². The van der Waals surface area contributed by atoms with Crippen molar-refractivity contribution in [3.8, 4) is 0 Å². The van der Waals surface area contributed by atoms with Crippen molar-refractivity contribution in [3.63, 3.8) is 0 Å². The molecule has 2 saturated heterocycles. The number of hydrogen-bond acceptors (Lipinski definition) is 4. The summed E-state index contributed by atoms with van der Waals surface area (Å²) in [5.41, 5.74) is -0.305. The monoisotopic (exact) mass is 284 g/mol. The van der Waals surface area contributed by atoms with Crippen molar-refractivity contribution in [2.24, 2.45) is 5.41 Å². The Kier molecular flexibility index (Phi) is 4.99. The van der Waals surface area contributed by atoms with Crippen LogP contribution in [0.25, 0.3) is 0 Å². The number of carbonyl (C=O) groups excluding carboxylic acids is 1. The third-order valence-electron chi connectivity index (χ3n) is 4.37. The van der Waals surface area contributed by atoms with Crippen LogP contribution in [0.15, 0.2) is 0 Å². The van der Waals surface area contributed by atoms with Gasteiger partial charge in [-0.05, 0) is 32.4 Å². The Bertz CT molecular complexity index is 361. The smallest absolute Gasteiger partial charge is 0.334 e. The lowest BCUT2D eigenvalue weighted by Crippen LogP contribution is -2.55. The summed E-state index contributed by atoms with van der Waals surface area (Å²) < 4.78 is 5.19. The van der Waals surface area contributed by atoms with Crippen molar-refractivity contribution >= 4 is 11.9 Å². The number of morpholine rings is 1. The Balaban J connectivity index is 2.08. The first-order chi connectivity index (χ1) is 9.59. The number of rotatable bonds is 4. The zero-order chi connectivity index (χ0) is 14.6. The van der Waals surface area contributed by atoms with Gasteiger partial charge in [0.1, 0.15) is 0 Å². The summed E-state index contributed by atoms with van der Waals surface area (Å²) in [6, 6.07) is 0. The molecule has 1 atom stereocenters. The molecule has 20 heavy (non-hydrogen) atoms. The molecule has 0 aromatic rings. The first kappa shape index (κ1) is 15.3. The average molecular weight is 284 g/mol. The molecule has 1 amide bonds. The van der Waals surface area contributed by atoms with Crippen LogP contribution >= 0.6 is 0 Å². The Hall–Kier alpha value is -1.14. The first-order valence-electron chi connectivity index (χ1n) is 7.43. The van der Waals surface area contributed by atoms with E-state index in [1.54, 1.807) is 4.90 Å². The number of hydrogen-bond donors (Lipinski definition) is 2. The highest BCUT2D eigenvalue weighted by molar-refractivity contribution is 5.84. The summed E-state index contributed by atoms with van der Waals surface area (Å²) >= 11 is 0. The van der Waals surface area contributed by atoms with Gasteiger partial charge in [0.25, 0.3) is 0 Å². The second-order valence-corrected chi connectivity index (χ2v) is 5.73. The van der Waals surface area contributed by atoms with Crippen molar-refractivity contribution < 1.29 is 19.4 Å². The average Bonchev–Trinajstić information content (AvgIpc) is 2.48. The number of carboxylic acid groups (broad SMARTS) is 1. The highest BCUT2D eigenvalue weighted by atomic mass is 16.5. The number of nitrogens with zero attached hydrogens (tertiary/aromatic N) is 1. The first-order valence-corrected chi connectivity index (χ1v) is 7.43. The topological polar surface area (TPSA) is 78.9 Å². The molecule has 2 fully saturated rings. The molecule has 2 heterocycles. The Morgan fingerprint density at radius 3 is 2.70 bits per heavy atom. The lowest BCUT2D eigenvalue weighted by Gasteiger charge is -2.42. The molecule has 0 aliphatic carbocycles. The Labute approximate surface area is 119 Å². The quantitative estimate of drug-likeness (QED) is 0.784. The van der Waals surface area contributed by atoms with Crippen LogP contribution in [0.1, 0.15) is 32.6 Å². The Morgan fingerprint density at radius 2 is 2.10 bits per heavy atom. The summed E-state index contributed by atoms with van der Waals surface area (Å²) in [6.07, 6.45) is 2.65. The molecule has 0 bridgehead atoms. The molecule has 6 heteroatoms. The van der Waals surface area contributed by atoms with E-state index in [1.807, 2.05) is 0 Å². The highest BCUT2D eigenvalue weighted by Gasteiger charge is 2.43. The van der Waals surface area contributed by atoms with E-state index in [1.165, 1.54) is 0 Å². The standard InChI is InChI=1S/C14H24N2O4/c1-2-3-14(4-6-15-7-5-14)13(19)16-8-9-20-11(10-16)12(17)18/h11,15H,2-10H2,1H3,(H,17,18). The summed E-state index contributed by atoms with van der Waals surface area (Å²) in [5, 5.41) is 12.3. The molecule has 114 valence electrons. The van der Waals surface area contributed by atoms with Gasteiger partial charge in [-0.1, -0.05) is 13.3 Å². The van der Waals surface area contributed by atoms with Gasteiger partial charge < -0.3 is 20.1 Å². The number of carboxylic acids is 1. The van der Waals surface area contributed by atoms with Gasteiger partial charge in [-0.25, -0.2) is 4.79 Å². The van der Waals surface area contributed by atoms with Gasteiger partial charge in [0.05, 0.1) is 18.6 Å². The second-order valence-electron chi connectivity index (χ2n) is 5.73. The van der Waals surface area contributed by atoms with Crippen LogP contribution in [0, 0.1) is 5.41 Å². The zero-order valence-corrected chi connectivity index (χ0v) is 12.1. The molecule has 2 aliphatic rings. The third-order valence-corrected chi connectivity index (χ3v) is 4.37. The maximum absolute atomic E-state index is 12.9. The van der Waals surface area contributed by atoms with Crippen LogP contribution in [0.4, 0.5) is 0 Å². The molecule has 2 rings (SSSR count). The van der Waals surface area contributed by atoms with Gasteiger partial charge in [-0.2, -0.15) is 0 Å². The minimum Gasteiger partial charge on any atom is -0.479 e. The SMILES string of the molecule is CCCC1(C(=O)N2CCOC(C(=O)O)C2)CCNCC1. The van der Waals surface area contributed by atoms with Gasteiger partial charge in [-0.15, -0.1) is 0 Å². The number of piperidine rings is 1. The molecule has 0 aromatic heterocycles. The van der Waals surface area contributed by atoms with Crippen LogP contribution in [0.2, 0.25) is 0 Å². The van der Waals surface area contributed by atoms with E-state index in [4.69, 9.17) is 9.84 Å². The number of aliphatic carboxylic acids is 1. The molecule has 0 saturated carbocycles. The lowest BCUT2D eigenvalue weighted by molar-refractivity contribution is -0.163. The number of amides is 1. The minimum atomic E-state index is -0.989.